The van der Waals surface area contributed by atoms with E-state index in [1.807, 2.05) is 13.0 Å². The number of hydrogen-bond acceptors (Lipinski definition) is 7. The summed E-state index contributed by atoms with van der Waals surface area (Å²) < 4.78 is 5.23. The molecule has 1 saturated heterocycles. The van der Waals surface area contributed by atoms with Crippen molar-refractivity contribution in [1.82, 2.24) is 15.0 Å². The molecule has 2 aromatic heterocycles. The van der Waals surface area contributed by atoms with Crippen molar-refractivity contribution in [2.75, 3.05) is 28.7 Å². The van der Waals surface area contributed by atoms with Crippen LogP contribution >= 0.6 is 0 Å². The topological polar surface area (TPSA) is 92.3 Å². The fraction of sp³-hybridized carbons (Fsp3) is 0.500. The standard InChI is InChI=1S/C20H26N6O2/c1-12(2)17-11-28-20(27)26(17)18-8-10-22-19(25-18)23-13(3)14-6-7-15-16(24-14)5-4-9-21-15/h6-8,10,12-13,17,21H,4-5,9,11H2,1-3H3,(H,22,23,25)/t13?,17-/m1/s1. The van der Waals surface area contributed by atoms with E-state index in [2.05, 4.69) is 40.5 Å². The number of rotatable bonds is 5. The minimum absolute atomic E-state index is 0.0255. The molecule has 148 valence electrons. The highest BCUT2D eigenvalue weighted by atomic mass is 16.6. The monoisotopic (exact) mass is 382 g/mol. The summed E-state index contributed by atoms with van der Waals surface area (Å²) in [4.78, 5) is 27.5. The lowest BCUT2D eigenvalue weighted by atomic mass is 10.0. The molecule has 1 fully saturated rings. The predicted molar refractivity (Wildman–Crippen MR) is 108 cm³/mol. The number of nitrogens with one attached hydrogen (secondary N) is 2. The summed E-state index contributed by atoms with van der Waals surface area (Å²) in [5, 5.41) is 6.68. The number of ether oxygens (including phenoxy) is 1. The summed E-state index contributed by atoms with van der Waals surface area (Å²) in [7, 11) is 0. The van der Waals surface area contributed by atoms with Gasteiger partial charge in [0.1, 0.15) is 12.4 Å². The van der Waals surface area contributed by atoms with E-state index in [9.17, 15) is 4.79 Å². The Morgan fingerprint density at radius 3 is 2.93 bits per heavy atom. The first-order valence-corrected chi connectivity index (χ1v) is 9.82. The van der Waals surface area contributed by atoms with Gasteiger partial charge in [-0.2, -0.15) is 4.98 Å². The molecule has 2 atom stereocenters. The van der Waals surface area contributed by atoms with Crippen LogP contribution in [0.3, 0.4) is 0 Å². The first-order valence-electron chi connectivity index (χ1n) is 9.82. The quantitative estimate of drug-likeness (QED) is 0.819. The zero-order valence-electron chi connectivity index (χ0n) is 16.5. The maximum absolute atomic E-state index is 12.2. The molecular formula is C20H26N6O2. The lowest BCUT2D eigenvalue weighted by Crippen LogP contribution is -2.37. The van der Waals surface area contributed by atoms with Crippen molar-refractivity contribution in [2.45, 2.75) is 45.7 Å². The first kappa shape index (κ1) is 18.5. The molecule has 0 spiro atoms. The molecule has 0 saturated carbocycles. The Bertz CT molecular complexity index is 872. The second-order valence-electron chi connectivity index (χ2n) is 7.62. The summed E-state index contributed by atoms with van der Waals surface area (Å²) in [6.45, 7) is 7.55. The van der Waals surface area contributed by atoms with Crippen LogP contribution in [0.2, 0.25) is 0 Å². The van der Waals surface area contributed by atoms with Crippen molar-refractivity contribution in [3.63, 3.8) is 0 Å². The van der Waals surface area contributed by atoms with Crippen LogP contribution < -0.4 is 15.5 Å². The Hall–Kier alpha value is -2.90. The molecule has 8 nitrogen and oxygen atoms in total. The van der Waals surface area contributed by atoms with E-state index in [-0.39, 0.29) is 24.1 Å². The van der Waals surface area contributed by atoms with Crippen LogP contribution in [-0.4, -0.2) is 40.2 Å². The molecule has 2 aliphatic heterocycles. The van der Waals surface area contributed by atoms with Crippen LogP contribution in [0.5, 0.6) is 0 Å². The summed E-state index contributed by atoms with van der Waals surface area (Å²) in [6, 6.07) is 5.75. The lowest BCUT2D eigenvalue weighted by Gasteiger charge is -2.24. The molecule has 8 heteroatoms. The number of aryl methyl sites for hydroxylation is 1. The Morgan fingerprint density at radius 2 is 2.11 bits per heavy atom. The van der Waals surface area contributed by atoms with E-state index >= 15 is 0 Å². The van der Waals surface area contributed by atoms with Crippen LogP contribution in [0, 0.1) is 5.92 Å². The normalized spacial score (nSPS) is 19.8. The number of cyclic esters (lactones) is 1. The Labute approximate surface area is 164 Å². The fourth-order valence-corrected chi connectivity index (χ4v) is 3.60. The van der Waals surface area contributed by atoms with Gasteiger partial charge in [0.25, 0.3) is 0 Å². The SMILES string of the molecule is CC(Nc1nccc(N2C(=O)OC[C@@H]2C(C)C)n1)c1ccc2c(n1)CCCN2. The lowest BCUT2D eigenvalue weighted by molar-refractivity contribution is 0.177. The van der Waals surface area contributed by atoms with Crippen LogP contribution in [0.25, 0.3) is 0 Å². The van der Waals surface area contributed by atoms with Gasteiger partial charge in [-0.25, -0.2) is 9.78 Å². The molecule has 0 radical (unpaired) electrons. The number of amides is 1. The smallest absolute Gasteiger partial charge is 0.415 e. The molecule has 2 N–H and O–H groups in total. The van der Waals surface area contributed by atoms with Gasteiger partial charge in [-0.05, 0) is 43.9 Å². The van der Waals surface area contributed by atoms with Crippen LogP contribution in [-0.2, 0) is 11.2 Å². The van der Waals surface area contributed by atoms with Gasteiger partial charge in [0, 0.05) is 12.7 Å². The van der Waals surface area contributed by atoms with E-state index in [1.54, 1.807) is 17.2 Å². The van der Waals surface area contributed by atoms with Gasteiger partial charge in [-0.1, -0.05) is 13.8 Å². The van der Waals surface area contributed by atoms with Crippen molar-refractivity contribution in [3.8, 4) is 0 Å². The largest absolute Gasteiger partial charge is 0.447 e. The number of anilines is 3. The zero-order valence-corrected chi connectivity index (χ0v) is 16.5. The van der Waals surface area contributed by atoms with Crippen LogP contribution in [0.15, 0.2) is 24.4 Å². The molecule has 2 aliphatic rings. The number of hydrogen-bond donors (Lipinski definition) is 2. The minimum Gasteiger partial charge on any atom is -0.447 e. The zero-order chi connectivity index (χ0) is 19.7. The molecule has 1 unspecified atom stereocenters. The summed E-state index contributed by atoms with van der Waals surface area (Å²) >= 11 is 0. The van der Waals surface area contributed by atoms with Gasteiger partial charge in [0.15, 0.2) is 0 Å². The summed E-state index contributed by atoms with van der Waals surface area (Å²) in [5.74, 6) is 1.28. The van der Waals surface area contributed by atoms with Gasteiger partial charge in [0.05, 0.1) is 29.2 Å². The average Bonchev–Trinajstić information content (AvgIpc) is 3.09. The maximum atomic E-state index is 12.2. The van der Waals surface area contributed by atoms with Crippen LogP contribution in [0.4, 0.5) is 22.2 Å². The van der Waals surface area contributed by atoms with E-state index in [4.69, 9.17) is 9.72 Å². The van der Waals surface area contributed by atoms with E-state index in [0.717, 1.165) is 36.5 Å². The van der Waals surface area contributed by atoms with Gasteiger partial charge in [0.2, 0.25) is 5.95 Å². The molecular weight excluding hydrogens is 356 g/mol. The summed E-state index contributed by atoms with van der Waals surface area (Å²) in [6.07, 6.45) is 3.38. The van der Waals surface area contributed by atoms with Crippen molar-refractivity contribution < 1.29 is 9.53 Å². The van der Waals surface area contributed by atoms with Crippen molar-refractivity contribution in [1.29, 1.82) is 0 Å². The first-order chi connectivity index (χ1) is 13.5. The fourth-order valence-electron chi connectivity index (χ4n) is 3.60. The molecule has 4 rings (SSSR count). The van der Waals surface area contributed by atoms with Gasteiger partial charge >= 0.3 is 6.09 Å². The van der Waals surface area contributed by atoms with E-state index in [1.165, 1.54) is 0 Å². The molecule has 0 aromatic carbocycles. The Morgan fingerprint density at radius 1 is 1.25 bits per heavy atom. The Balaban J connectivity index is 1.52. The highest BCUT2D eigenvalue weighted by Gasteiger charge is 2.37. The molecule has 0 aliphatic carbocycles. The van der Waals surface area contributed by atoms with Crippen LogP contribution in [0.1, 0.15) is 44.6 Å². The van der Waals surface area contributed by atoms with Crippen molar-refractivity contribution in [3.05, 3.63) is 35.8 Å². The van der Waals surface area contributed by atoms with Gasteiger partial charge in [-0.3, -0.25) is 9.88 Å². The van der Waals surface area contributed by atoms with Gasteiger partial charge in [-0.15, -0.1) is 0 Å². The minimum atomic E-state index is -0.361. The number of carbonyl (C=O) groups excluding carboxylic acids is 1. The summed E-state index contributed by atoms with van der Waals surface area (Å²) in [5.41, 5.74) is 3.16. The van der Waals surface area contributed by atoms with E-state index in [0.29, 0.717) is 18.4 Å². The highest BCUT2D eigenvalue weighted by Crippen LogP contribution is 2.27. The molecule has 0 bridgehead atoms. The number of carbonyl (C=O) groups is 1. The predicted octanol–water partition coefficient (Wildman–Crippen LogP) is 3.38. The number of nitrogens with zero attached hydrogens (tertiary/aromatic N) is 4. The molecule has 4 heterocycles. The molecule has 28 heavy (non-hydrogen) atoms. The van der Waals surface area contributed by atoms with Gasteiger partial charge < -0.3 is 15.4 Å². The highest BCUT2D eigenvalue weighted by molar-refractivity contribution is 5.89. The second kappa shape index (κ2) is 7.61. The molecule has 2 aromatic rings. The van der Waals surface area contributed by atoms with E-state index < -0.39 is 0 Å². The average molecular weight is 382 g/mol. The Kier molecular flexibility index (Phi) is 5.02. The second-order valence-corrected chi connectivity index (χ2v) is 7.62. The van der Waals surface area contributed by atoms with Crippen molar-refractivity contribution >= 4 is 23.5 Å². The van der Waals surface area contributed by atoms with Crippen molar-refractivity contribution in [2.24, 2.45) is 5.92 Å². The maximum Gasteiger partial charge on any atom is 0.415 e. The number of aromatic nitrogens is 3. The number of pyridine rings is 1. The third kappa shape index (κ3) is 3.58. The third-order valence-electron chi connectivity index (χ3n) is 5.25. The molecule has 1 amide bonds. The third-order valence-corrected chi connectivity index (χ3v) is 5.25. The number of fused-ring (bicyclic) bond motifs is 1.